The lowest BCUT2D eigenvalue weighted by molar-refractivity contribution is 0.0628. The van der Waals surface area contributed by atoms with Gasteiger partial charge < -0.3 is 4.74 Å². The van der Waals surface area contributed by atoms with Gasteiger partial charge in [0, 0.05) is 10.0 Å². The Kier molecular flexibility index (Phi) is 5.39. The summed E-state index contributed by atoms with van der Waals surface area (Å²) in [4.78, 5) is 11.9. The van der Waals surface area contributed by atoms with Crippen molar-refractivity contribution in [2.45, 2.75) is 32.1 Å². The minimum absolute atomic E-state index is 0.0621. The normalized spacial score (nSPS) is 16.7. The van der Waals surface area contributed by atoms with Gasteiger partial charge in [-0.3, -0.25) is 4.79 Å². The molecule has 98 valence electrons. The van der Waals surface area contributed by atoms with E-state index in [4.69, 9.17) is 4.74 Å². The Morgan fingerprint density at radius 3 is 2.78 bits per heavy atom. The first-order valence-corrected chi connectivity index (χ1v) is 7.41. The predicted octanol–water partition coefficient (Wildman–Crippen LogP) is 4.23. The van der Waals surface area contributed by atoms with E-state index in [1.165, 1.54) is 32.1 Å². The van der Waals surface area contributed by atoms with Gasteiger partial charge in [-0.15, -0.1) is 0 Å². The minimum Gasteiger partial charge on any atom is -0.373 e. The summed E-state index contributed by atoms with van der Waals surface area (Å²) in [6, 6.07) is 7.46. The Bertz CT molecular complexity index is 397. The summed E-state index contributed by atoms with van der Waals surface area (Å²) in [5, 5.41) is 0. The molecule has 1 aromatic rings. The van der Waals surface area contributed by atoms with Crippen molar-refractivity contribution in [3.63, 3.8) is 0 Å². The number of Topliss-reactive ketones (excluding diaryl/α,β-unsaturated/α-hetero) is 1. The third-order valence-corrected chi connectivity index (χ3v) is 3.95. The fraction of sp³-hybridized carbons (Fsp3) is 0.533. The van der Waals surface area contributed by atoms with Crippen LogP contribution in [0.4, 0.5) is 0 Å². The maximum absolute atomic E-state index is 11.9. The zero-order chi connectivity index (χ0) is 12.8. The van der Waals surface area contributed by atoms with Gasteiger partial charge in [0.15, 0.2) is 5.78 Å². The van der Waals surface area contributed by atoms with Crippen molar-refractivity contribution in [3.05, 3.63) is 34.3 Å². The molecule has 1 aliphatic rings. The second-order valence-corrected chi connectivity index (χ2v) is 5.87. The highest BCUT2D eigenvalue weighted by atomic mass is 79.9. The summed E-state index contributed by atoms with van der Waals surface area (Å²) in [6.45, 7) is 0.937. The fourth-order valence-electron chi connectivity index (χ4n) is 2.42. The van der Waals surface area contributed by atoms with Gasteiger partial charge in [0.05, 0.1) is 6.61 Å². The summed E-state index contributed by atoms with van der Waals surface area (Å²) in [6.07, 6.45) is 6.49. The lowest BCUT2D eigenvalue weighted by Crippen LogP contribution is -2.17. The number of hydrogen-bond acceptors (Lipinski definition) is 2. The highest BCUT2D eigenvalue weighted by molar-refractivity contribution is 9.10. The zero-order valence-electron chi connectivity index (χ0n) is 10.5. The molecular formula is C15H19BrO2. The van der Waals surface area contributed by atoms with Crippen LogP contribution in [0.5, 0.6) is 0 Å². The van der Waals surface area contributed by atoms with Crippen LogP contribution in [0, 0.1) is 5.92 Å². The second kappa shape index (κ2) is 7.05. The summed E-state index contributed by atoms with van der Waals surface area (Å²) in [5.74, 6) is 0.723. The molecule has 18 heavy (non-hydrogen) atoms. The van der Waals surface area contributed by atoms with Gasteiger partial charge in [-0.05, 0) is 30.9 Å². The molecule has 3 heteroatoms. The number of hydrogen-bond donors (Lipinski definition) is 0. The van der Waals surface area contributed by atoms with E-state index in [2.05, 4.69) is 15.9 Å². The van der Waals surface area contributed by atoms with E-state index in [-0.39, 0.29) is 12.4 Å². The minimum atomic E-state index is 0.0621. The number of rotatable bonds is 5. The third kappa shape index (κ3) is 4.21. The maximum Gasteiger partial charge on any atom is 0.188 e. The molecule has 2 rings (SSSR count). The molecule has 0 aliphatic heterocycles. The standard InChI is InChI=1S/C15H19BrO2/c16-14-8-4-7-13(9-14)15(17)11-18-10-12-5-2-1-3-6-12/h4,7-9,12H,1-3,5-6,10-11H2. The lowest BCUT2D eigenvalue weighted by Gasteiger charge is -2.21. The molecule has 0 atom stereocenters. The average Bonchev–Trinajstić information content (AvgIpc) is 2.40. The number of ketones is 1. The van der Waals surface area contributed by atoms with Crippen LogP contribution in [-0.2, 0) is 4.74 Å². The monoisotopic (exact) mass is 310 g/mol. The van der Waals surface area contributed by atoms with E-state index >= 15 is 0 Å². The Balaban J connectivity index is 1.74. The SMILES string of the molecule is O=C(COCC1CCCCC1)c1cccc(Br)c1. The molecule has 1 aromatic carbocycles. The molecule has 0 bridgehead atoms. The molecule has 0 spiro atoms. The zero-order valence-corrected chi connectivity index (χ0v) is 12.1. The topological polar surface area (TPSA) is 26.3 Å². The van der Waals surface area contributed by atoms with Crippen LogP contribution in [0.15, 0.2) is 28.7 Å². The largest absolute Gasteiger partial charge is 0.373 e. The summed E-state index contributed by atoms with van der Waals surface area (Å²) in [5.41, 5.74) is 0.716. The molecule has 0 aromatic heterocycles. The van der Waals surface area contributed by atoms with Crippen LogP contribution in [0.2, 0.25) is 0 Å². The van der Waals surface area contributed by atoms with Crippen molar-refractivity contribution in [3.8, 4) is 0 Å². The van der Waals surface area contributed by atoms with Crippen molar-refractivity contribution < 1.29 is 9.53 Å². The molecule has 1 aliphatic carbocycles. The molecule has 0 saturated heterocycles. The van der Waals surface area contributed by atoms with Gasteiger partial charge in [0.2, 0.25) is 0 Å². The summed E-state index contributed by atoms with van der Waals surface area (Å²) in [7, 11) is 0. The van der Waals surface area contributed by atoms with Crippen LogP contribution in [0.3, 0.4) is 0 Å². The van der Waals surface area contributed by atoms with E-state index in [1.54, 1.807) is 0 Å². The molecule has 0 heterocycles. The van der Waals surface area contributed by atoms with Crippen LogP contribution >= 0.6 is 15.9 Å². The van der Waals surface area contributed by atoms with Crippen molar-refractivity contribution in [2.24, 2.45) is 5.92 Å². The lowest BCUT2D eigenvalue weighted by atomic mass is 9.90. The second-order valence-electron chi connectivity index (χ2n) is 4.95. The number of halogens is 1. The maximum atomic E-state index is 11.9. The van der Waals surface area contributed by atoms with E-state index in [9.17, 15) is 4.79 Å². The van der Waals surface area contributed by atoms with E-state index in [0.717, 1.165) is 11.1 Å². The van der Waals surface area contributed by atoms with Gasteiger partial charge in [-0.2, -0.15) is 0 Å². The molecule has 0 radical (unpaired) electrons. The number of carbonyl (C=O) groups excluding carboxylic acids is 1. The van der Waals surface area contributed by atoms with Crippen molar-refractivity contribution in [1.29, 1.82) is 0 Å². The average molecular weight is 311 g/mol. The van der Waals surface area contributed by atoms with Gasteiger partial charge in [-0.25, -0.2) is 0 Å². The van der Waals surface area contributed by atoms with Crippen molar-refractivity contribution in [2.75, 3.05) is 13.2 Å². The Hall–Kier alpha value is -0.670. The number of carbonyl (C=O) groups is 1. The van der Waals surface area contributed by atoms with Crippen LogP contribution < -0.4 is 0 Å². The highest BCUT2D eigenvalue weighted by Crippen LogP contribution is 2.23. The molecule has 0 amide bonds. The first kappa shape index (κ1) is 13.8. The van der Waals surface area contributed by atoms with Crippen molar-refractivity contribution >= 4 is 21.7 Å². The molecule has 1 saturated carbocycles. The number of ether oxygens (including phenoxy) is 1. The summed E-state index contributed by atoms with van der Waals surface area (Å²) < 4.78 is 6.50. The van der Waals surface area contributed by atoms with E-state index in [1.807, 2.05) is 24.3 Å². The molecule has 2 nitrogen and oxygen atoms in total. The Labute approximate surface area is 117 Å². The van der Waals surface area contributed by atoms with Crippen molar-refractivity contribution in [1.82, 2.24) is 0 Å². The highest BCUT2D eigenvalue weighted by Gasteiger charge is 2.14. The van der Waals surface area contributed by atoms with Gasteiger partial charge in [0.1, 0.15) is 6.61 Å². The van der Waals surface area contributed by atoms with E-state index in [0.29, 0.717) is 11.5 Å². The van der Waals surface area contributed by atoms with E-state index < -0.39 is 0 Å². The quantitative estimate of drug-likeness (QED) is 0.761. The Morgan fingerprint density at radius 2 is 2.06 bits per heavy atom. The fourth-order valence-corrected chi connectivity index (χ4v) is 2.82. The molecule has 0 N–H and O–H groups in total. The first-order chi connectivity index (χ1) is 8.75. The third-order valence-electron chi connectivity index (χ3n) is 3.46. The molecular weight excluding hydrogens is 292 g/mol. The van der Waals surface area contributed by atoms with Crippen LogP contribution in [0.1, 0.15) is 42.5 Å². The Morgan fingerprint density at radius 1 is 1.28 bits per heavy atom. The van der Waals surface area contributed by atoms with Gasteiger partial charge >= 0.3 is 0 Å². The molecule has 0 unspecified atom stereocenters. The van der Waals surface area contributed by atoms with Gasteiger partial charge in [-0.1, -0.05) is 47.3 Å². The molecule has 1 fully saturated rings. The summed E-state index contributed by atoms with van der Waals surface area (Å²) >= 11 is 3.37. The van der Waals surface area contributed by atoms with Gasteiger partial charge in [0.25, 0.3) is 0 Å². The number of benzene rings is 1. The predicted molar refractivity (Wildman–Crippen MR) is 75.9 cm³/mol. The van der Waals surface area contributed by atoms with Crippen LogP contribution in [-0.4, -0.2) is 19.0 Å². The smallest absolute Gasteiger partial charge is 0.188 e. The van der Waals surface area contributed by atoms with Crippen LogP contribution in [0.25, 0.3) is 0 Å². The first-order valence-electron chi connectivity index (χ1n) is 6.62.